The van der Waals surface area contributed by atoms with Gasteiger partial charge in [-0.05, 0) is 43.7 Å². The Bertz CT molecular complexity index is 896. The molecule has 0 atom stereocenters. The lowest BCUT2D eigenvalue weighted by atomic mass is 10.1. The highest BCUT2D eigenvalue weighted by Gasteiger charge is 2.30. The van der Waals surface area contributed by atoms with E-state index in [4.69, 9.17) is 5.26 Å². The van der Waals surface area contributed by atoms with Crippen LogP contribution < -0.4 is 10.6 Å². The van der Waals surface area contributed by atoms with Crippen molar-refractivity contribution in [2.24, 2.45) is 0 Å². The van der Waals surface area contributed by atoms with Crippen LogP contribution in [0, 0.1) is 25.2 Å². The van der Waals surface area contributed by atoms with Crippen LogP contribution in [0.2, 0.25) is 0 Å². The first-order valence-electron chi connectivity index (χ1n) is 7.63. The van der Waals surface area contributed by atoms with E-state index in [1.54, 1.807) is 12.1 Å². The Morgan fingerprint density at radius 2 is 1.88 bits per heavy atom. The van der Waals surface area contributed by atoms with Crippen LogP contribution in [0.25, 0.3) is 0 Å². The van der Waals surface area contributed by atoms with E-state index in [0.29, 0.717) is 0 Å². The molecule has 26 heavy (non-hydrogen) atoms. The number of nitriles is 1. The molecule has 0 heterocycles. The molecule has 0 aliphatic rings. The largest absolute Gasteiger partial charge is 0.416 e. The lowest BCUT2D eigenvalue weighted by Gasteiger charge is -2.10. The molecule has 0 fully saturated rings. The molecule has 0 bridgehead atoms. The maximum atomic E-state index is 12.7. The number of rotatable bonds is 4. The first kappa shape index (κ1) is 19.1. The topological polar surface area (TPSA) is 64.9 Å². The molecule has 2 aromatic carbocycles. The summed E-state index contributed by atoms with van der Waals surface area (Å²) in [5, 5.41) is 14.3. The fraction of sp³-hybridized carbons (Fsp3) is 0.158. The van der Waals surface area contributed by atoms with Gasteiger partial charge in [0.1, 0.15) is 11.6 Å². The second-order valence-electron chi connectivity index (χ2n) is 5.67. The molecule has 0 saturated heterocycles. The number of halogens is 3. The van der Waals surface area contributed by atoms with Gasteiger partial charge in [0.15, 0.2) is 0 Å². The Hall–Kier alpha value is -3.27. The molecule has 2 N–H and O–H groups in total. The van der Waals surface area contributed by atoms with Crippen molar-refractivity contribution in [2.45, 2.75) is 20.0 Å². The van der Waals surface area contributed by atoms with Crippen molar-refractivity contribution in [3.05, 3.63) is 70.9 Å². The van der Waals surface area contributed by atoms with E-state index in [0.717, 1.165) is 28.9 Å². The molecule has 0 unspecified atom stereocenters. The van der Waals surface area contributed by atoms with E-state index >= 15 is 0 Å². The van der Waals surface area contributed by atoms with Crippen molar-refractivity contribution < 1.29 is 18.0 Å². The van der Waals surface area contributed by atoms with Crippen LogP contribution in [0.1, 0.15) is 16.7 Å². The zero-order valence-electron chi connectivity index (χ0n) is 14.1. The number of amides is 1. The molecule has 0 spiro atoms. The molecule has 2 aromatic rings. The first-order valence-corrected chi connectivity index (χ1v) is 7.63. The Morgan fingerprint density at radius 1 is 1.15 bits per heavy atom. The number of benzene rings is 2. The number of aryl methyl sites for hydroxylation is 2. The summed E-state index contributed by atoms with van der Waals surface area (Å²) in [4.78, 5) is 12.1. The fourth-order valence-corrected chi connectivity index (χ4v) is 2.25. The second kappa shape index (κ2) is 7.74. The van der Waals surface area contributed by atoms with Gasteiger partial charge in [-0.25, -0.2) is 0 Å². The lowest BCUT2D eigenvalue weighted by molar-refractivity contribution is -0.137. The minimum Gasteiger partial charge on any atom is -0.360 e. The van der Waals surface area contributed by atoms with Gasteiger partial charge in [-0.1, -0.05) is 23.8 Å². The lowest BCUT2D eigenvalue weighted by Crippen LogP contribution is -2.15. The molecule has 2 rings (SSSR count). The maximum Gasteiger partial charge on any atom is 0.416 e. The Morgan fingerprint density at radius 3 is 2.50 bits per heavy atom. The monoisotopic (exact) mass is 359 g/mol. The summed E-state index contributed by atoms with van der Waals surface area (Å²) in [5.74, 6) is -0.802. The maximum absolute atomic E-state index is 12.7. The molecule has 0 aromatic heterocycles. The van der Waals surface area contributed by atoms with Crippen molar-refractivity contribution in [2.75, 3.05) is 10.6 Å². The van der Waals surface area contributed by atoms with Crippen LogP contribution in [0.3, 0.4) is 0 Å². The summed E-state index contributed by atoms with van der Waals surface area (Å²) < 4.78 is 38.2. The standard InChI is InChI=1S/C19H16F3N3O/c1-12-6-7-17(13(2)8-12)24-11-14(10-23)18(26)25-16-5-3-4-15(9-16)19(20,21)22/h3-9,11,24H,1-2H3,(H,25,26)/b14-11-. The molecule has 0 saturated carbocycles. The van der Waals surface area contributed by atoms with E-state index in [1.165, 1.54) is 18.3 Å². The molecule has 0 radical (unpaired) electrons. The van der Waals surface area contributed by atoms with E-state index in [9.17, 15) is 18.0 Å². The summed E-state index contributed by atoms with van der Waals surface area (Å²) in [6.45, 7) is 3.81. The normalized spacial score (nSPS) is 11.6. The van der Waals surface area contributed by atoms with Crippen molar-refractivity contribution in [3.8, 4) is 6.07 Å². The number of nitrogens with zero attached hydrogens (tertiary/aromatic N) is 1. The Balaban J connectivity index is 2.15. The number of carbonyl (C=O) groups excluding carboxylic acids is 1. The van der Waals surface area contributed by atoms with E-state index in [1.807, 2.05) is 26.0 Å². The van der Waals surface area contributed by atoms with Crippen molar-refractivity contribution in [1.29, 1.82) is 5.26 Å². The van der Waals surface area contributed by atoms with Crippen LogP contribution in [-0.2, 0) is 11.0 Å². The summed E-state index contributed by atoms with van der Waals surface area (Å²) >= 11 is 0. The number of hydrogen-bond acceptors (Lipinski definition) is 3. The first-order chi connectivity index (χ1) is 12.2. The van der Waals surface area contributed by atoms with E-state index in [2.05, 4.69) is 10.6 Å². The second-order valence-corrected chi connectivity index (χ2v) is 5.67. The van der Waals surface area contributed by atoms with Gasteiger partial charge >= 0.3 is 6.18 Å². The quantitative estimate of drug-likeness (QED) is 0.610. The van der Waals surface area contributed by atoms with Crippen LogP contribution >= 0.6 is 0 Å². The van der Waals surface area contributed by atoms with Crippen LogP contribution in [-0.4, -0.2) is 5.91 Å². The Kier molecular flexibility index (Phi) is 5.68. The number of hydrogen-bond donors (Lipinski definition) is 2. The van der Waals surface area contributed by atoms with E-state index < -0.39 is 17.6 Å². The molecular formula is C19H16F3N3O. The molecule has 1 amide bonds. The highest BCUT2D eigenvalue weighted by Crippen LogP contribution is 2.30. The van der Waals surface area contributed by atoms with Gasteiger partial charge in [-0.15, -0.1) is 0 Å². The molecule has 7 heteroatoms. The average molecular weight is 359 g/mol. The third kappa shape index (κ3) is 4.86. The number of anilines is 2. The van der Waals surface area contributed by atoms with Gasteiger partial charge in [-0.2, -0.15) is 18.4 Å². The highest BCUT2D eigenvalue weighted by molar-refractivity contribution is 6.06. The van der Waals surface area contributed by atoms with Gasteiger partial charge in [0.2, 0.25) is 0 Å². The minimum absolute atomic E-state index is 0.0440. The van der Waals surface area contributed by atoms with Crippen LogP contribution in [0.5, 0.6) is 0 Å². The molecule has 4 nitrogen and oxygen atoms in total. The van der Waals surface area contributed by atoms with Gasteiger partial charge in [0.25, 0.3) is 5.91 Å². The van der Waals surface area contributed by atoms with Gasteiger partial charge in [0, 0.05) is 17.6 Å². The zero-order chi connectivity index (χ0) is 19.3. The SMILES string of the molecule is Cc1ccc(N/C=C(/C#N)C(=O)Nc2cccc(C(F)(F)F)c2)c(C)c1. The molecule has 0 aliphatic carbocycles. The number of alkyl halides is 3. The summed E-state index contributed by atoms with van der Waals surface area (Å²) in [6, 6.07) is 11.6. The van der Waals surface area contributed by atoms with E-state index in [-0.39, 0.29) is 11.3 Å². The summed E-state index contributed by atoms with van der Waals surface area (Å²) in [5.41, 5.74) is 1.53. The molecule has 134 valence electrons. The van der Waals surface area contributed by atoms with Crippen LogP contribution in [0.4, 0.5) is 24.5 Å². The van der Waals surface area contributed by atoms with Crippen molar-refractivity contribution in [1.82, 2.24) is 0 Å². The highest BCUT2D eigenvalue weighted by atomic mass is 19.4. The molecular weight excluding hydrogens is 343 g/mol. The van der Waals surface area contributed by atoms with Crippen molar-refractivity contribution in [3.63, 3.8) is 0 Å². The van der Waals surface area contributed by atoms with Crippen LogP contribution in [0.15, 0.2) is 54.2 Å². The average Bonchev–Trinajstić information content (AvgIpc) is 2.56. The summed E-state index contributed by atoms with van der Waals surface area (Å²) in [6.07, 6.45) is -3.29. The third-order valence-corrected chi connectivity index (χ3v) is 3.57. The fourth-order valence-electron chi connectivity index (χ4n) is 2.25. The van der Waals surface area contributed by atoms with Gasteiger partial charge in [-0.3, -0.25) is 4.79 Å². The predicted octanol–water partition coefficient (Wildman–Crippen LogP) is 4.78. The number of nitrogens with one attached hydrogen (secondary N) is 2. The predicted molar refractivity (Wildman–Crippen MR) is 93.3 cm³/mol. The molecule has 0 aliphatic heterocycles. The summed E-state index contributed by atoms with van der Waals surface area (Å²) in [7, 11) is 0. The smallest absolute Gasteiger partial charge is 0.360 e. The Labute approximate surface area is 149 Å². The third-order valence-electron chi connectivity index (χ3n) is 3.57. The number of carbonyl (C=O) groups is 1. The van der Waals surface area contributed by atoms with Gasteiger partial charge in [0.05, 0.1) is 5.56 Å². The zero-order valence-corrected chi connectivity index (χ0v) is 14.1. The van der Waals surface area contributed by atoms with Gasteiger partial charge < -0.3 is 10.6 Å². The minimum atomic E-state index is -4.51. The van der Waals surface area contributed by atoms with Crippen molar-refractivity contribution >= 4 is 17.3 Å².